The summed E-state index contributed by atoms with van der Waals surface area (Å²) in [6, 6.07) is 14.2. The largest absolute Gasteiger partial charge is 0.350 e. The summed E-state index contributed by atoms with van der Waals surface area (Å²) in [4.78, 5) is 35.3. The van der Waals surface area contributed by atoms with Crippen molar-refractivity contribution in [1.29, 1.82) is 0 Å². The predicted molar refractivity (Wildman–Crippen MR) is 96.0 cm³/mol. The maximum atomic E-state index is 12.0. The van der Waals surface area contributed by atoms with Crippen molar-refractivity contribution in [1.82, 2.24) is 5.43 Å². The van der Waals surface area contributed by atoms with Crippen molar-refractivity contribution in [2.24, 2.45) is 5.73 Å². The second-order valence-corrected chi connectivity index (χ2v) is 5.54. The van der Waals surface area contributed by atoms with E-state index in [2.05, 4.69) is 10.7 Å². The van der Waals surface area contributed by atoms with E-state index in [0.29, 0.717) is 16.4 Å². The molecule has 0 spiro atoms. The van der Waals surface area contributed by atoms with Crippen LogP contribution in [0.4, 0.5) is 16.2 Å². The van der Waals surface area contributed by atoms with Crippen molar-refractivity contribution >= 4 is 40.8 Å². The maximum absolute atomic E-state index is 12.0. The van der Waals surface area contributed by atoms with Crippen molar-refractivity contribution < 1.29 is 14.4 Å². The highest BCUT2D eigenvalue weighted by Gasteiger charge is 2.16. The average molecular weight is 361 g/mol. The molecule has 2 rings (SSSR count). The first-order chi connectivity index (χ1) is 12.0. The number of benzene rings is 2. The highest BCUT2D eigenvalue weighted by atomic mass is 35.5. The zero-order valence-corrected chi connectivity index (χ0v) is 14.0. The van der Waals surface area contributed by atoms with Crippen molar-refractivity contribution in [3.63, 3.8) is 0 Å². The van der Waals surface area contributed by atoms with E-state index in [9.17, 15) is 14.4 Å². The summed E-state index contributed by atoms with van der Waals surface area (Å²) in [5, 5.41) is 4.05. The smallest absolute Gasteiger partial charge is 0.338 e. The Morgan fingerprint density at radius 1 is 0.920 bits per heavy atom. The van der Waals surface area contributed by atoms with Gasteiger partial charge in [-0.25, -0.2) is 9.80 Å². The zero-order chi connectivity index (χ0) is 18.2. The zero-order valence-electron chi connectivity index (χ0n) is 13.2. The minimum absolute atomic E-state index is 0.0338. The summed E-state index contributed by atoms with van der Waals surface area (Å²) < 4.78 is 0. The summed E-state index contributed by atoms with van der Waals surface area (Å²) >= 11 is 5.79. The average Bonchev–Trinajstić information content (AvgIpc) is 2.59. The molecular weight excluding hydrogens is 344 g/mol. The SMILES string of the molecule is NC(=O)N(NC(=O)CCC(=O)Nc1ccccc1)c1ccc(Cl)cc1. The molecule has 0 bridgehead atoms. The lowest BCUT2D eigenvalue weighted by molar-refractivity contribution is -0.124. The number of hydrogen-bond donors (Lipinski definition) is 3. The third kappa shape index (κ3) is 5.82. The van der Waals surface area contributed by atoms with Crippen LogP contribution in [0.15, 0.2) is 54.6 Å². The topological polar surface area (TPSA) is 105 Å². The third-order valence-corrected chi connectivity index (χ3v) is 3.43. The summed E-state index contributed by atoms with van der Waals surface area (Å²) in [7, 11) is 0. The highest BCUT2D eigenvalue weighted by molar-refractivity contribution is 6.30. The van der Waals surface area contributed by atoms with Crippen molar-refractivity contribution in [3.05, 3.63) is 59.6 Å². The van der Waals surface area contributed by atoms with Crippen LogP contribution in [0.3, 0.4) is 0 Å². The molecule has 0 aliphatic rings. The molecule has 0 unspecified atom stereocenters. The molecule has 0 radical (unpaired) electrons. The minimum Gasteiger partial charge on any atom is -0.350 e. The normalized spacial score (nSPS) is 9.96. The molecule has 0 aromatic heterocycles. The molecule has 2 aromatic carbocycles. The van der Waals surface area contributed by atoms with Gasteiger partial charge in [-0.15, -0.1) is 0 Å². The van der Waals surface area contributed by atoms with E-state index in [-0.39, 0.29) is 18.7 Å². The number of amides is 4. The van der Waals surface area contributed by atoms with Crippen molar-refractivity contribution in [2.45, 2.75) is 12.8 Å². The number of rotatable bonds is 5. The number of para-hydroxylation sites is 1. The van der Waals surface area contributed by atoms with Gasteiger partial charge >= 0.3 is 6.03 Å². The van der Waals surface area contributed by atoms with Crippen LogP contribution in [0.25, 0.3) is 0 Å². The van der Waals surface area contributed by atoms with Gasteiger partial charge in [0, 0.05) is 23.6 Å². The molecule has 4 amide bonds. The van der Waals surface area contributed by atoms with Gasteiger partial charge in [-0.05, 0) is 36.4 Å². The molecule has 0 aliphatic carbocycles. The van der Waals surface area contributed by atoms with E-state index in [1.807, 2.05) is 6.07 Å². The number of nitrogens with zero attached hydrogens (tertiary/aromatic N) is 1. The number of urea groups is 1. The first kappa shape index (κ1) is 18.3. The van der Waals surface area contributed by atoms with Crippen LogP contribution in [0.1, 0.15) is 12.8 Å². The number of hydrazine groups is 1. The summed E-state index contributed by atoms with van der Waals surface area (Å²) in [5.74, 6) is -0.824. The van der Waals surface area contributed by atoms with Crippen LogP contribution < -0.4 is 21.5 Å². The Kier molecular flexibility index (Phi) is 6.36. The lowest BCUT2D eigenvalue weighted by Crippen LogP contribution is -2.49. The molecule has 130 valence electrons. The Bertz CT molecular complexity index is 750. The number of carbonyl (C=O) groups excluding carboxylic acids is 3. The second kappa shape index (κ2) is 8.70. The molecule has 7 nitrogen and oxygen atoms in total. The Morgan fingerprint density at radius 2 is 1.52 bits per heavy atom. The molecule has 4 N–H and O–H groups in total. The molecule has 25 heavy (non-hydrogen) atoms. The summed E-state index contributed by atoms with van der Waals surface area (Å²) in [5.41, 5.74) is 8.65. The number of halogens is 1. The highest BCUT2D eigenvalue weighted by Crippen LogP contribution is 2.16. The molecule has 0 heterocycles. The first-order valence-electron chi connectivity index (χ1n) is 7.45. The molecule has 0 saturated carbocycles. The van der Waals surface area contributed by atoms with Gasteiger partial charge in [-0.3, -0.25) is 15.0 Å². The van der Waals surface area contributed by atoms with Crippen molar-refractivity contribution in [2.75, 3.05) is 10.3 Å². The van der Waals surface area contributed by atoms with E-state index >= 15 is 0 Å². The van der Waals surface area contributed by atoms with Gasteiger partial charge in [-0.2, -0.15) is 0 Å². The van der Waals surface area contributed by atoms with Crippen molar-refractivity contribution in [3.8, 4) is 0 Å². The van der Waals surface area contributed by atoms with Gasteiger partial charge in [0.05, 0.1) is 5.69 Å². The van der Waals surface area contributed by atoms with Gasteiger partial charge in [0.15, 0.2) is 0 Å². The molecule has 2 aromatic rings. The van der Waals surface area contributed by atoms with Gasteiger partial charge in [0.25, 0.3) is 0 Å². The van der Waals surface area contributed by atoms with E-state index in [1.165, 1.54) is 12.1 Å². The number of anilines is 2. The fraction of sp³-hybridized carbons (Fsp3) is 0.118. The third-order valence-electron chi connectivity index (χ3n) is 3.18. The first-order valence-corrected chi connectivity index (χ1v) is 7.83. The molecule has 0 atom stereocenters. The summed E-state index contributed by atoms with van der Waals surface area (Å²) in [6.07, 6.45) is -0.135. The lowest BCUT2D eigenvalue weighted by Gasteiger charge is -2.21. The number of primary amides is 1. The fourth-order valence-corrected chi connectivity index (χ4v) is 2.12. The number of nitrogens with two attached hydrogens (primary N) is 1. The fourth-order valence-electron chi connectivity index (χ4n) is 1.99. The van der Waals surface area contributed by atoms with Crippen LogP contribution in [-0.2, 0) is 9.59 Å². The molecule has 0 aliphatic heterocycles. The number of nitrogens with one attached hydrogen (secondary N) is 2. The monoisotopic (exact) mass is 360 g/mol. The Hall–Kier alpha value is -3.06. The van der Waals surface area contributed by atoms with Gasteiger partial charge in [-0.1, -0.05) is 29.8 Å². The van der Waals surface area contributed by atoms with E-state index < -0.39 is 11.9 Å². The number of carbonyl (C=O) groups is 3. The summed E-state index contributed by atoms with van der Waals surface area (Å²) in [6.45, 7) is 0. The Labute approximate surface area is 149 Å². The lowest BCUT2D eigenvalue weighted by atomic mass is 10.2. The van der Waals surface area contributed by atoms with Crippen LogP contribution in [0.2, 0.25) is 5.02 Å². The molecule has 0 saturated heterocycles. The van der Waals surface area contributed by atoms with E-state index in [0.717, 1.165) is 5.01 Å². The van der Waals surface area contributed by atoms with E-state index in [4.69, 9.17) is 17.3 Å². The minimum atomic E-state index is -0.857. The second-order valence-electron chi connectivity index (χ2n) is 5.10. The standard InChI is InChI=1S/C17H17ClN4O3/c18-12-6-8-14(9-7-12)22(17(19)25)21-16(24)11-10-15(23)20-13-4-2-1-3-5-13/h1-9H,10-11H2,(H2,19,25)(H,20,23)(H,21,24). The van der Waals surface area contributed by atoms with Gasteiger partial charge in [0.2, 0.25) is 11.8 Å². The van der Waals surface area contributed by atoms with Crippen LogP contribution in [-0.4, -0.2) is 17.8 Å². The van der Waals surface area contributed by atoms with Gasteiger partial charge < -0.3 is 11.1 Å². The molecule has 8 heteroatoms. The molecule has 0 fully saturated rings. The number of hydrogen-bond acceptors (Lipinski definition) is 3. The maximum Gasteiger partial charge on any atom is 0.338 e. The van der Waals surface area contributed by atoms with Crippen LogP contribution in [0.5, 0.6) is 0 Å². The Balaban J connectivity index is 1.88. The van der Waals surface area contributed by atoms with Crippen LogP contribution >= 0.6 is 11.6 Å². The molecular formula is C17H17ClN4O3. The van der Waals surface area contributed by atoms with Gasteiger partial charge in [0.1, 0.15) is 0 Å². The quantitative estimate of drug-likeness (QED) is 0.714. The van der Waals surface area contributed by atoms with E-state index in [1.54, 1.807) is 36.4 Å². The predicted octanol–water partition coefficient (Wildman–Crippen LogP) is 2.68. The van der Waals surface area contributed by atoms with Crippen LogP contribution in [0, 0.1) is 0 Å². The Morgan fingerprint density at radius 3 is 2.12 bits per heavy atom.